The number of benzene rings is 3. The van der Waals surface area contributed by atoms with Crippen LogP contribution in [0.4, 0.5) is 0 Å². The first-order chi connectivity index (χ1) is 18.0. The largest absolute Gasteiger partial charge is 0.392 e. The number of aliphatic hydroxyl groups is 2. The predicted octanol–water partition coefficient (Wildman–Crippen LogP) is 4.82. The topological polar surface area (TPSA) is 88.2 Å². The second-order valence-corrected chi connectivity index (χ2v) is 10.6. The fourth-order valence-electron chi connectivity index (χ4n) is 5.29. The molecule has 3 atom stereocenters. The Morgan fingerprint density at radius 2 is 1.49 bits per heavy atom. The third-order valence-electron chi connectivity index (χ3n) is 7.63. The molecule has 0 unspecified atom stereocenters. The second-order valence-electron chi connectivity index (χ2n) is 10.1. The Morgan fingerprint density at radius 3 is 2.11 bits per heavy atom. The molecule has 7 heteroatoms. The van der Waals surface area contributed by atoms with Gasteiger partial charge in [0.25, 0.3) is 0 Å². The van der Waals surface area contributed by atoms with Gasteiger partial charge in [-0.1, -0.05) is 72.3 Å². The van der Waals surface area contributed by atoms with Crippen molar-refractivity contribution in [2.45, 2.75) is 56.5 Å². The van der Waals surface area contributed by atoms with E-state index in [4.69, 9.17) is 26.8 Å². The van der Waals surface area contributed by atoms with Crippen molar-refractivity contribution >= 4 is 11.6 Å². The highest BCUT2D eigenvalue weighted by Crippen LogP contribution is 2.39. The zero-order valence-corrected chi connectivity index (χ0v) is 21.7. The van der Waals surface area contributed by atoms with E-state index in [0.29, 0.717) is 24.4 Å². The number of ether oxygens (including phenoxy) is 2. The summed E-state index contributed by atoms with van der Waals surface area (Å²) in [7, 11) is 0. The van der Waals surface area contributed by atoms with Gasteiger partial charge in [0, 0.05) is 43.2 Å². The molecular weight excluding hydrogens is 488 g/mol. The first-order valence-electron chi connectivity index (χ1n) is 13.0. The highest BCUT2D eigenvalue weighted by Gasteiger charge is 2.37. The Kier molecular flexibility index (Phi) is 8.27. The zero-order chi connectivity index (χ0) is 25.8. The maximum atomic E-state index is 11.3. The first-order valence-corrected chi connectivity index (χ1v) is 13.3. The minimum Gasteiger partial charge on any atom is -0.392 e. The number of piperidine rings is 1. The van der Waals surface area contributed by atoms with Crippen LogP contribution in [0.15, 0.2) is 72.8 Å². The Balaban J connectivity index is 1.29. The summed E-state index contributed by atoms with van der Waals surface area (Å²) in [6, 6.07) is 23.5. The van der Waals surface area contributed by atoms with E-state index < -0.39 is 11.9 Å². The van der Waals surface area contributed by atoms with E-state index in [2.05, 4.69) is 4.90 Å². The van der Waals surface area contributed by atoms with Gasteiger partial charge < -0.3 is 30.3 Å². The van der Waals surface area contributed by atoms with E-state index >= 15 is 0 Å². The lowest BCUT2D eigenvalue weighted by molar-refractivity contribution is -0.253. The SMILES string of the molecule is NCc1ccc([C@@H]2O[C@H](CN3CCC(O)(c4ccc(Cl)cc4)CC3)C[C@H](c3ccc(CO)cc3)O2)cc1. The van der Waals surface area contributed by atoms with Gasteiger partial charge >= 0.3 is 0 Å². The van der Waals surface area contributed by atoms with E-state index in [1.807, 2.05) is 72.8 Å². The van der Waals surface area contributed by atoms with Crippen LogP contribution in [0.25, 0.3) is 0 Å². The summed E-state index contributed by atoms with van der Waals surface area (Å²) < 4.78 is 12.9. The van der Waals surface area contributed by atoms with Crippen molar-refractivity contribution in [3.8, 4) is 0 Å². The molecule has 37 heavy (non-hydrogen) atoms. The molecule has 0 amide bonds. The molecule has 2 aliphatic rings. The molecule has 6 nitrogen and oxygen atoms in total. The second kappa shape index (κ2) is 11.6. The summed E-state index contributed by atoms with van der Waals surface area (Å²) in [5.74, 6) is 0. The molecule has 4 N–H and O–H groups in total. The summed E-state index contributed by atoms with van der Waals surface area (Å²) in [4.78, 5) is 2.38. The van der Waals surface area contributed by atoms with Gasteiger partial charge in [0.15, 0.2) is 6.29 Å². The normalized spacial score (nSPS) is 24.2. The van der Waals surface area contributed by atoms with Crippen LogP contribution in [-0.4, -0.2) is 40.9 Å². The fourth-order valence-corrected chi connectivity index (χ4v) is 5.41. The van der Waals surface area contributed by atoms with E-state index in [9.17, 15) is 10.2 Å². The molecule has 0 spiro atoms. The molecule has 3 aromatic carbocycles. The smallest absolute Gasteiger partial charge is 0.184 e. The molecule has 0 aliphatic carbocycles. The van der Waals surface area contributed by atoms with Crippen LogP contribution >= 0.6 is 11.6 Å². The summed E-state index contributed by atoms with van der Waals surface area (Å²) >= 11 is 6.04. The van der Waals surface area contributed by atoms with Crippen LogP contribution in [-0.2, 0) is 28.2 Å². The van der Waals surface area contributed by atoms with Gasteiger partial charge in [-0.3, -0.25) is 0 Å². The highest BCUT2D eigenvalue weighted by atomic mass is 35.5. The zero-order valence-electron chi connectivity index (χ0n) is 20.9. The number of rotatable bonds is 7. The van der Waals surface area contributed by atoms with Crippen molar-refractivity contribution in [2.75, 3.05) is 19.6 Å². The van der Waals surface area contributed by atoms with Crippen LogP contribution in [0.5, 0.6) is 0 Å². The van der Waals surface area contributed by atoms with Gasteiger partial charge in [0.05, 0.1) is 24.4 Å². The highest BCUT2D eigenvalue weighted by molar-refractivity contribution is 6.30. The van der Waals surface area contributed by atoms with E-state index in [1.54, 1.807) is 0 Å². The van der Waals surface area contributed by atoms with Gasteiger partial charge in [-0.05, 0) is 47.2 Å². The number of hydrogen-bond acceptors (Lipinski definition) is 6. The van der Waals surface area contributed by atoms with Gasteiger partial charge in [-0.15, -0.1) is 0 Å². The number of nitrogens with zero attached hydrogens (tertiary/aromatic N) is 1. The molecule has 2 heterocycles. The third-order valence-corrected chi connectivity index (χ3v) is 7.88. The van der Waals surface area contributed by atoms with E-state index in [-0.39, 0.29) is 18.8 Å². The average molecular weight is 523 g/mol. The molecule has 5 rings (SSSR count). The minimum absolute atomic E-state index is 0.0188. The van der Waals surface area contributed by atoms with Gasteiger partial charge in [0.2, 0.25) is 0 Å². The number of halogens is 1. The van der Waals surface area contributed by atoms with Gasteiger partial charge in [-0.25, -0.2) is 0 Å². The van der Waals surface area contributed by atoms with Gasteiger partial charge in [-0.2, -0.15) is 0 Å². The van der Waals surface area contributed by atoms with Crippen molar-refractivity contribution in [1.82, 2.24) is 4.90 Å². The first kappa shape index (κ1) is 26.3. The van der Waals surface area contributed by atoms with Gasteiger partial charge in [0.1, 0.15) is 0 Å². The van der Waals surface area contributed by atoms with E-state index in [0.717, 1.165) is 53.9 Å². The number of likely N-dealkylation sites (tertiary alicyclic amines) is 1. The van der Waals surface area contributed by atoms with Crippen LogP contribution in [0.2, 0.25) is 5.02 Å². The Bertz CT molecular complexity index is 1090. The molecule has 2 aliphatic heterocycles. The standard InChI is InChI=1S/C30H35ClN2O4/c31-26-11-9-25(10-12-26)30(35)13-15-33(16-14-30)19-27-17-28(23-5-3-22(20-34)4-6-23)37-29(36-27)24-7-1-21(18-32)2-8-24/h1-12,27-29,34-35H,13-20,32H2/t27-,28+,29+/m0/s1. The summed E-state index contributed by atoms with van der Waals surface area (Å²) in [6.45, 7) is 2.84. The van der Waals surface area contributed by atoms with Crippen LogP contribution in [0.3, 0.4) is 0 Å². The van der Waals surface area contributed by atoms with E-state index in [1.165, 1.54) is 0 Å². The molecule has 0 bridgehead atoms. The summed E-state index contributed by atoms with van der Waals surface area (Å²) in [6.07, 6.45) is 1.41. The molecule has 2 saturated heterocycles. The quantitative estimate of drug-likeness (QED) is 0.412. The Morgan fingerprint density at radius 1 is 0.865 bits per heavy atom. The molecule has 0 radical (unpaired) electrons. The Labute approximate surface area is 223 Å². The number of aliphatic hydroxyl groups excluding tert-OH is 1. The van der Waals surface area contributed by atoms with Crippen molar-refractivity contribution in [1.29, 1.82) is 0 Å². The molecule has 196 valence electrons. The summed E-state index contributed by atoms with van der Waals surface area (Å²) in [5.41, 5.74) is 9.85. The van der Waals surface area contributed by atoms with Crippen molar-refractivity contribution in [2.24, 2.45) is 5.73 Å². The lowest BCUT2D eigenvalue weighted by Gasteiger charge is -2.42. The van der Waals surface area contributed by atoms with Crippen molar-refractivity contribution in [3.05, 3.63) is 106 Å². The van der Waals surface area contributed by atoms with Crippen molar-refractivity contribution < 1.29 is 19.7 Å². The monoisotopic (exact) mass is 522 g/mol. The lowest BCUT2D eigenvalue weighted by atomic mass is 9.84. The Hall–Kier alpha value is -2.29. The fraction of sp³-hybridized carbons (Fsp3) is 0.400. The van der Waals surface area contributed by atoms with Crippen LogP contribution in [0, 0.1) is 0 Å². The molecule has 0 aromatic heterocycles. The van der Waals surface area contributed by atoms with Crippen LogP contribution in [0.1, 0.15) is 59.5 Å². The predicted molar refractivity (Wildman–Crippen MR) is 144 cm³/mol. The third kappa shape index (κ3) is 6.24. The number of hydrogen-bond donors (Lipinski definition) is 3. The van der Waals surface area contributed by atoms with Crippen LogP contribution < -0.4 is 5.73 Å². The van der Waals surface area contributed by atoms with Crippen molar-refractivity contribution in [3.63, 3.8) is 0 Å². The average Bonchev–Trinajstić information content (AvgIpc) is 2.94. The molecule has 2 fully saturated rings. The summed E-state index contributed by atoms with van der Waals surface area (Å²) in [5, 5.41) is 21.4. The molecule has 0 saturated carbocycles. The number of nitrogens with two attached hydrogens (primary N) is 1. The lowest BCUT2D eigenvalue weighted by Crippen LogP contribution is -2.46. The minimum atomic E-state index is -0.831. The molecular formula is C30H35ClN2O4. The maximum absolute atomic E-state index is 11.3. The molecule has 3 aromatic rings. The maximum Gasteiger partial charge on any atom is 0.184 e.